The van der Waals surface area contributed by atoms with Gasteiger partial charge in [-0.2, -0.15) is 0 Å². The highest BCUT2D eigenvalue weighted by atomic mass is 35.5. The number of piperazine rings is 1. The van der Waals surface area contributed by atoms with Gasteiger partial charge in [0.1, 0.15) is 0 Å². The summed E-state index contributed by atoms with van der Waals surface area (Å²) in [6, 6.07) is 10.4. The van der Waals surface area contributed by atoms with Crippen molar-refractivity contribution in [2.45, 2.75) is 25.7 Å². The number of rotatable bonds is 5. The van der Waals surface area contributed by atoms with E-state index < -0.39 is 0 Å². The molecule has 2 heterocycles. The van der Waals surface area contributed by atoms with E-state index in [1.807, 2.05) is 6.07 Å². The Morgan fingerprint density at radius 3 is 2.12 bits per heavy atom. The fraction of sp³-hybridized carbons (Fsp3) is 0.571. The van der Waals surface area contributed by atoms with Crippen molar-refractivity contribution in [1.82, 2.24) is 14.7 Å². The minimum absolute atomic E-state index is 0. The minimum atomic E-state index is 0. The van der Waals surface area contributed by atoms with Crippen LogP contribution in [0, 0.1) is 0 Å². The summed E-state index contributed by atoms with van der Waals surface area (Å²) in [5.41, 5.74) is 1.25. The second-order valence-corrected chi connectivity index (χ2v) is 7.18. The fourth-order valence-electron chi connectivity index (χ4n) is 3.64. The first-order valence-electron chi connectivity index (χ1n) is 9.75. The van der Waals surface area contributed by atoms with Gasteiger partial charge in [-0.15, -0.1) is 12.4 Å². The zero-order chi connectivity index (χ0) is 17.3. The molecule has 144 valence electrons. The summed E-state index contributed by atoms with van der Waals surface area (Å²) in [7, 11) is 0. The predicted octanol–water partition coefficient (Wildman–Crippen LogP) is 3.14. The Kier molecular flexibility index (Phi) is 9.16. The molecule has 1 aromatic carbocycles. The van der Waals surface area contributed by atoms with E-state index in [2.05, 4.69) is 51.1 Å². The number of amides is 1. The van der Waals surface area contributed by atoms with Crippen molar-refractivity contribution >= 4 is 24.4 Å². The number of carbonyl (C=O) groups is 1. The molecule has 4 nitrogen and oxygen atoms in total. The number of carbonyl (C=O) groups excluding carboxylic acids is 1. The van der Waals surface area contributed by atoms with Gasteiger partial charge in [0.2, 0.25) is 5.91 Å². The van der Waals surface area contributed by atoms with Gasteiger partial charge in [0.15, 0.2) is 0 Å². The molecule has 0 aliphatic carbocycles. The summed E-state index contributed by atoms with van der Waals surface area (Å²) in [6.45, 7) is 7.61. The van der Waals surface area contributed by atoms with E-state index in [1.54, 1.807) is 0 Å². The van der Waals surface area contributed by atoms with E-state index in [1.165, 1.54) is 31.2 Å². The van der Waals surface area contributed by atoms with Crippen molar-refractivity contribution in [3.05, 3.63) is 42.0 Å². The number of likely N-dealkylation sites (tertiary alicyclic amines) is 1. The Labute approximate surface area is 164 Å². The van der Waals surface area contributed by atoms with E-state index in [0.717, 1.165) is 45.8 Å². The topological polar surface area (TPSA) is 26.8 Å². The summed E-state index contributed by atoms with van der Waals surface area (Å²) in [6.07, 6.45) is 9.33. The molecule has 0 saturated carbocycles. The molecular weight excluding hydrogens is 346 g/mol. The third-order valence-corrected chi connectivity index (χ3v) is 5.26. The molecular formula is C21H32ClN3O. The maximum atomic E-state index is 12.5. The van der Waals surface area contributed by atoms with Crippen LogP contribution in [0.25, 0.3) is 6.08 Å². The van der Waals surface area contributed by atoms with Gasteiger partial charge >= 0.3 is 0 Å². The Hall–Kier alpha value is -1.36. The largest absolute Gasteiger partial charge is 0.342 e. The second-order valence-electron chi connectivity index (χ2n) is 7.18. The molecule has 5 heteroatoms. The highest BCUT2D eigenvalue weighted by Gasteiger charge is 2.21. The predicted molar refractivity (Wildman–Crippen MR) is 111 cm³/mol. The molecule has 2 aliphatic rings. The van der Waals surface area contributed by atoms with Crippen molar-refractivity contribution in [2.24, 2.45) is 0 Å². The molecule has 2 saturated heterocycles. The van der Waals surface area contributed by atoms with E-state index >= 15 is 0 Å². The molecule has 0 unspecified atom stereocenters. The van der Waals surface area contributed by atoms with Gasteiger partial charge in [0.05, 0.1) is 6.54 Å². The van der Waals surface area contributed by atoms with Crippen LogP contribution in [0.3, 0.4) is 0 Å². The third-order valence-electron chi connectivity index (χ3n) is 5.26. The van der Waals surface area contributed by atoms with Crippen molar-refractivity contribution in [3.63, 3.8) is 0 Å². The first-order valence-corrected chi connectivity index (χ1v) is 9.75. The van der Waals surface area contributed by atoms with Gasteiger partial charge in [-0.05, 0) is 18.4 Å². The highest BCUT2D eigenvalue weighted by molar-refractivity contribution is 5.85. The van der Waals surface area contributed by atoms with Crippen LogP contribution in [-0.2, 0) is 4.79 Å². The maximum absolute atomic E-state index is 12.5. The molecule has 2 fully saturated rings. The van der Waals surface area contributed by atoms with Gasteiger partial charge in [0, 0.05) is 45.8 Å². The van der Waals surface area contributed by atoms with E-state index in [0.29, 0.717) is 12.5 Å². The van der Waals surface area contributed by atoms with Crippen LogP contribution in [0.5, 0.6) is 0 Å². The van der Waals surface area contributed by atoms with Crippen LogP contribution in [0.4, 0.5) is 0 Å². The SMILES string of the molecule is Cl.O=C(CN1CCN(C/C=C/c2ccccc2)CC1)N1CCCCCC1. The van der Waals surface area contributed by atoms with Crippen molar-refractivity contribution in [2.75, 3.05) is 52.4 Å². The second kappa shape index (κ2) is 11.4. The first-order chi connectivity index (χ1) is 12.3. The number of halogens is 1. The Morgan fingerprint density at radius 1 is 0.846 bits per heavy atom. The minimum Gasteiger partial charge on any atom is -0.342 e. The van der Waals surface area contributed by atoms with Crippen LogP contribution in [0.2, 0.25) is 0 Å². The summed E-state index contributed by atoms with van der Waals surface area (Å²) in [4.78, 5) is 19.4. The number of benzene rings is 1. The molecule has 26 heavy (non-hydrogen) atoms. The molecule has 1 aromatic rings. The Balaban J connectivity index is 0.00000243. The molecule has 2 aliphatic heterocycles. The first kappa shape index (κ1) is 20.9. The summed E-state index contributed by atoms with van der Waals surface area (Å²) in [5.74, 6) is 0.333. The molecule has 0 spiro atoms. The van der Waals surface area contributed by atoms with Gasteiger partial charge < -0.3 is 4.90 Å². The summed E-state index contributed by atoms with van der Waals surface area (Å²) >= 11 is 0. The lowest BCUT2D eigenvalue weighted by Crippen LogP contribution is -2.50. The highest BCUT2D eigenvalue weighted by Crippen LogP contribution is 2.11. The quantitative estimate of drug-likeness (QED) is 0.788. The molecule has 0 N–H and O–H groups in total. The lowest BCUT2D eigenvalue weighted by Gasteiger charge is -2.34. The normalized spacial score (nSPS) is 19.9. The molecule has 1 amide bonds. The van der Waals surface area contributed by atoms with Crippen LogP contribution < -0.4 is 0 Å². The smallest absolute Gasteiger partial charge is 0.236 e. The van der Waals surface area contributed by atoms with E-state index in [4.69, 9.17) is 0 Å². The molecule has 0 atom stereocenters. The Bertz CT molecular complexity index is 548. The van der Waals surface area contributed by atoms with Crippen molar-refractivity contribution in [3.8, 4) is 0 Å². The molecule has 3 rings (SSSR count). The monoisotopic (exact) mass is 377 g/mol. The number of nitrogens with zero attached hydrogens (tertiary/aromatic N) is 3. The standard InChI is InChI=1S/C21H31N3O.ClH/c25-21(24-13-6-1-2-7-14-24)19-23-17-15-22(16-18-23)12-8-11-20-9-4-3-5-10-20;/h3-5,8-11H,1-2,6-7,12-19H2;1H/b11-8+;. The van der Waals surface area contributed by atoms with E-state index in [9.17, 15) is 4.79 Å². The van der Waals surface area contributed by atoms with Crippen LogP contribution >= 0.6 is 12.4 Å². The third kappa shape index (κ3) is 6.75. The zero-order valence-electron chi connectivity index (χ0n) is 15.7. The van der Waals surface area contributed by atoms with Crippen molar-refractivity contribution in [1.29, 1.82) is 0 Å². The molecule has 0 bridgehead atoms. The molecule has 0 aromatic heterocycles. The van der Waals surface area contributed by atoms with Gasteiger partial charge in [-0.25, -0.2) is 0 Å². The van der Waals surface area contributed by atoms with Crippen molar-refractivity contribution < 1.29 is 4.79 Å². The summed E-state index contributed by atoms with van der Waals surface area (Å²) in [5, 5.41) is 0. The zero-order valence-corrected chi connectivity index (χ0v) is 16.5. The lowest BCUT2D eigenvalue weighted by atomic mass is 10.2. The number of hydrogen-bond acceptors (Lipinski definition) is 3. The summed E-state index contributed by atoms with van der Waals surface area (Å²) < 4.78 is 0. The van der Waals surface area contributed by atoms with Crippen LogP contribution in [0.1, 0.15) is 31.2 Å². The average molecular weight is 378 g/mol. The average Bonchev–Trinajstić information content (AvgIpc) is 2.94. The van der Waals surface area contributed by atoms with E-state index in [-0.39, 0.29) is 12.4 Å². The number of hydrogen-bond donors (Lipinski definition) is 0. The lowest BCUT2D eigenvalue weighted by molar-refractivity contribution is -0.132. The van der Waals surface area contributed by atoms with Crippen LogP contribution in [-0.4, -0.2) is 73.0 Å². The van der Waals surface area contributed by atoms with Gasteiger partial charge in [0.25, 0.3) is 0 Å². The van der Waals surface area contributed by atoms with Gasteiger partial charge in [-0.1, -0.05) is 55.3 Å². The maximum Gasteiger partial charge on any atom is 0.236 e. The molecule has 0 radical (unpaired) electrons. The Morgan fingerprint density at radius 2 is 1.46 bits per heavy atom. The van der Waals surface area contributed by atoms with Gasteiger partial charge in [-0.3, -0.25) is 14.6 Å². The van der Waals surface area contributed by atoms with Crippen LogP contribution in [0.15, 0.2) is 36.4 Å². The fourth-order valence-corrected chi connectivity index (χ4v) is 3.64.